The second-order valence-electron chi connectivity index (χ2n) is 15.6. The first kappa shape index (κ1) is 33.1. The standard InChI is InChI=1S/C28H60O4Si3/c1-20(29)22-18-23(31-34(14,15)27(6,7)8)25(21(2)30-33(12,13)26(3,4)5)24(19-22)32-35(16,17)28(9,10)11/h21,23-25,29H,18-19H2,1-17H3. The van der Waals surface area contributed by atoms with Gasteiger partial charge in [0.15, 0.2) is 25.0 Å². The Morgan fingerprint density at radius 1 is 0.714 bits per heavy atom. The molecular weight excluding hydrogens is 485 g/mol. The smallest absolute Gasteiger partial charge is 0.192 e. The molecule has 0 aromatic heterocycles. The molecule has 3 unspecified atom stereocenters. The first-order valence-electron chi connectivity index (χ1n) is 13.6. The zero-order valence-electron chi connectivity index (χ0n) is 26.4. The molecule has 1 fully saturated rings. The van der Waals surface area contributed by atoms with E-state index in [9.17, 15) is 5.11 Å². The lowest BCUT2D eigenvalue weighted by atomic mass is 9.78. The van der Waals surface area contributed by atoms with Gasteiger partial charge in [0.1, 0.15) is 0 Å². The maximum Gasteiger partial charge on any atom is 0.192 e. The molecule has 4 nitrogen and oxygen atoms in total. The summed E-state index contributed by atoms with van der Waals surface area (Å²) in [6.45, 7) is 38.7. The lowest BCUT2D eigenvalue weighted by molar-refractivity contribution is -0.0488. The molecule has 3 atom stereocenters. The second kappa shape index (κ2) is 10.7. The minimum absolute atomic E-state index is 0.0148. The van der Waals surface area contributed by atoms with E-state index in [0.29, 0.717) is 5.76 Å². The quantitative estimate of drug-likeness (QED) is 0.256. The van der Waals surface area contributed by atoms with Crippen LogP contribution in [0.1, 0.15) is 89.0 Å². The van der Waals surface area contributed by atoms with Crippen molar-refractivity contribution in [2.45, 2.75) is 162 Å². The normalized spacial score (nSPS) is 24.5. The van der Waals surface area contributed by atoms with Crippen LogP contribution >= 0.6 is 0 Å². The van der Waals surface area contributed by atoms with Crippen LogP contribution in [-0.2, 0) is 13.3 Å². The number of hydrogen-bond donors (Lipinski definition) is 1. The van der Waals surface area contributed by atoms with Crippen LogP contribution in [0, 0.1) is 5.92 Å². The molecule has 0 heterocycles. The Balaban J connectivity index is 3.61. The van der Waals surface area contributed by atoms with Gasteiger partial charge in [0.2, 0.25) is 0 Å². The summed E-state index contributed by atoms with van der Waals surface area (Å²) in [5.41, 5.74) is 1.08. The molecule has 1 aliphatic carbocycles. The van der Waals surface area contributed by atoms with Crippen LogP contribution in [0.25, 0.3) is 0 Å². The molecule has 35 heavy (non-hydrogen) atoms. The SMILES string of the molecule is CC(O)=C1CC(O[Si](C)(C)C(C)(C)C)C(C(C)O[Si](C)(C)C(C)(C)C)C(O[Si](C)(C)C(C)(C)C)C1. The van der Waals surface area contributed by atoms with Gasteiger partial charge in [-0.2, -0.15) is 0 Å². The molecular formula is C28H60O4Si3. The summed E-state index contributed by atoms with van der Waals surface area (Å²) < 4.78 is 21.3. The van der Waals surface area contributed by atoms with Crippen molar-refractivity contribution in [1.82, 2.24) is 0 Å². The Hall–Kier alpha value is 0.0706. The van der Waals surface area contributed by atoms with Crippen LogP contribution in [0.2, 0.25) is 54.4 Å². The molecule has 208 valence electrons. The minimum Gasteiger partial charge on any atom is -0.513 e. The number of aliphatic hydroxyl groups excluding tert-OH is 1. The molecule has 1 aliphatic rings. The number of aliphatic hydroxyl groups is 1. The van der Waals surface area contributed by atoms with Gasteiger partial charge >= 0.3 is 0 Å². The summed E-state index contributed by atoms with van der Waals surface area (Å²) in [5.74, 6) is 0.546. The van der Waals surface area contributed by atoms with Gasteiger partial charge in [-0.3, -0.25) is 0 Å². The molecule has 0 radical (unpaired) electrons. The van der Waals surface area contributed by atoms with Gasteiger partial charge in [0, 0.05) is 12.0 Å². The van der Waals surface area contributed by atoms with Crippen molar-refractivity contribution in [3.05, 3.63) is 11.3 Å². The summed E-state index contributed by atoms with van der Waals surface area (Å²) in [4.78, 5) is 0. The van der Waals surface area contributed by atoms with E-state index >= 15 is 0 Å². The highest BCUT2D eigenvalue weighted by atomic mass is 28.4. The van der Waals surface area contributed by atoms with Crippen LogP contribution in [0.3, 0.4) is 0 Å². The summed E-state index contributed by atoms with van der Waals surface area (Å²) in [6.07, 6.45) is 1.46. The van der Waals surface area contributed by atoms with Gasteiger partial charge in [-0.1, -0.05) is 62.3 Å². The fourth-order valence-electron chi connectivity index (χ4n) is 4.05. The third-order valence-corrected chi connectivity index (χ3v) is 23.2. The second-order valence-corrected chi connectivity index (χ2v) is 29.9. The number of hydrogen-bond acceptors (Lipinski definition) is 4. The van der Waals surface area contributed by atoms with Crippen molar-refractivity contribution < 1.29 is 18.4 Å². The van der Waals surface area contributed by atoms with Crippen LogP contribution in [0.15, 0.2) is 11.3 Å². The third-order valence-electron chi connectivity index (χ3n) is 9.60. The number of rotatable bonds is 7. The molecule has 0 amide bonds. The lowest BCUT2D eigenvalue weighted by Gasteiger charge is -2.51. The van der Waals surface area contributed by atoms with E-state index in [1.54, 1.807) is 0 Å². The Morgan fingerprint density at radius 2 is 1.03 bits per heavy atom. The molecule has 1 saturated carbocycles. The highest BCUT2D eigenvalue weighted by Crippen LogP contribution is 2.47. The topological polar surface area (TPSA) is 47.9 Å². The fraction of sp³-hybridized carbons (Fsp3) is 0.929. The van der Waals surface area contributed by atoms with Crippen molar-refractivity contribution in [2.75, 3.05) is 0 Å². The first-order chi connectivity index (χ1) is 15.2. The zero-order chi connectivity index (χ0) is 28.0. The summed E-state index contributed by atoms with van der Waals surface area (Å²) in [7, 11) is -6.10. The number of allylic oxidation sites excluding steroid dienone is 1. The predicted octanol–water partition coefficient (Wildman–Crippen LogP) is 9.42. The summed E-state index contributed by atoms with van der Waals surface area (Å²) >= 11 is 0. The van der Waals surface area contributed by atoms with Crippen LogP contribution in [0.5, 0.6) is 0 Å². The Labute approximate surface area is 222 Å². The molecule has 0 aromatic carbocycles. The van der Waals surface area contributed by atoms with Gasteiger partial charge in [-0.05, 0) is 86.7 Å². The van der Waals surface area contributed by atoms with Crippen molar-refractivity contribution in [3.8, 4) is 0 Å². The Bertz CT molecular complexity index is 708. The molecule has 0 spiro atoms. The summed E-state index contributed by atoms with van der Waals surface area (Å²) in [5, 5.41) is 11.0. The average Bonchev–Trinajstić information content (AvgIpc) is 2.56. The van der Waals surface area contributed by atoms with Gasteiger partial charge < -0.3 is 18.4 Å². The molecule has 0 aliphatic heterocycles. The van der Waals surface area contributed by atoms with E-state index in [0.717, 1.165) is 18.4 Å². The fourth-order valence-corrected chi connectivity index (χ4v) is 8.19. The highest BCUT2D eigenvalue weighted by Gasteiger charge is 2.51. The Morgan fingerprint density at radius 3 is 1.29 bits per heavy atom. The van der Waals surface area contributed by atoms with Crippen LogP contribution in [0.4, 0.5) is 0 Å². The molecule has 7 heteroatoms. The van der Waals surface area contributed by atoms with E-state index in [2.05, 4.69) is 109 Å². The van der Waals surface area contributed by atoms with Crippen molar-refractivity contribution in [2.24, 2.45) is 5.92 Å². The van der Waals surface area contributed by atoms with E-state index < -0.39 is 25.0 Å². The Kier molecular flexibility index (Phi) is 10.1. The third kappa shape index (κ3) is 8.03. The monoisotopic (exact) mass is 544 g/mol. The van der Waals surface area contributed by atoms with Crippen LogP contribution in [-0.4, -0.2) is 48.4 Å². The average molecular weight is 545 g/mol. The first-order valence-corrected chi connectivity index (χ1v) is 22.4. The largest absolute Gasteiger partial charge is 0.513 e. The highest BCUT2D eigenvalue weighted by molar-refractivity contribution is 6.75. The van der Waals surface area contributed by atoms with Gasteiger partial charge in [0.05, 0.1) is 18.0 Å². The van der Waals surface area contributed by atoms with Crippen molar-refractivity contribution in [3.63, 3.8) is 0 Å². The predicted molar refractivity (Wildman–Crippen MR) is 160 cm³/mol. The van der Waals surface area contributed by atoms with Gasteiger partial charge in [-0.25, -0.2) is 0 Å². The zero-order valence-corrected chi connectivity index (χ0v) is 29.4. The molecule has 1 N–H and O–H groups in total. The molecule has 1 rings (SSSR count). The maximum absolute atomic E-state index is 10.6. The van der Waals surface area contributed by atoms with Crippen molar-refractivity contribution in [1.29, 1.82) is 0 Å². The molecule has 0 aromatic rings. The van der Waals surface area contributed by atoms with Gasteiger partial charge in [-0.15, -0.1) is 0 Å². The summed E-state index contributed by atoms with van der Waals surface area (Å²) in [6, 6.07) is 0. The van der Waals surface area contributed by atoms with E-state index in [-0.39, 0.29) is 39.3 Å². The van der Waals surface area contributed by atoms with Gasteiger partial charge in [0.25, 0.3) is 0 Å². The van der Waals surface area contributed by atoms with E-state index in [1.165, 1.54) is 0 Å². The molecule has 0 bridgehead atoms. The van der Waals surface area contributed by atoms with E-state index in [1.807, 2.05) is 6.92 Å². The lowest BCUT2D eigenvalue weighted by Crippen LogP contribution is -2.57. The molecule has 0 saturated heterocycles. The van der Waals surface area contributed by atoms with E-state index in [4.69, 9.17) is 13.3 Å². The minimum atomic E-state index is -2.06. The maximum atomic E-state index is 10.6. The van der Waals surface area contributed by atoms with Crippen molar-refractivity contribution >= 4 is 25.0 Å². The van der Waals surface area contributed by atoms with Crippen LogP contribution < -0.4 is 0 Å².